The van der Waals surface area contributed by atoms with E-state index in [1.807, 2.05) is 0 Å². The SMILES string of the molecule is C=CCNC(=O)OC=CCNC(=O)OC1CC(C)(C)N(C)C(C)(C)C1. The van der Waals surface area contributed by atoms with Gasteiger partial charge < -0.3 is 20.1 Å². The first-order chi connectivity index (χ1) is 11.6. The second-order valence-electron chi connectivity index (χ2n) is 7.45. The Balaban J connectivity index is 2.35. The number of hydrogen-bond donors (Lipinski definition) is 2. The number of nitrogens with one attached hydrogen (secondary N) is 2. The lowest BCUT2D eigenvalue weighted by molar-refractivity contribution is -0.0679. The van der Waals surface area contributed by atoms with Gasteiger partial charge in [0, 0.05) is 37.0 Å². The molecule has 0 saturated carbocycles. The Hall–Kier alpha value is -2.02. The van der Waals surface area contributed by atoms with E-state index in [0.29, 0.717) is 6.54 Å². The minimum atomic E-state index is -0.575. The highest BCUT2D eigenvalue weighted by atomic mass is 16.6. The van der Waals surface area contributed by atoms with Gasteiger partial charge in [0.1, 0.15) is 6.10 Å². The van der Waals surface area contributed by atoms with Crippen LogP contribution in [0.1, 0.15) is 40.5 Å². The minimum absolute atomic E-state index is 0.0424. The molecule has 0 aromatic carbocycles. The van der Waals surface area contributed by atoms with Crippen LogP contribution in [0.3, 0.4) is 0 Å². The van der Waals surface area contributed by atoms with Crippen molar-refractivity contribution in [2.45, 2.75) is 57.7 Å². The average Bonchev–Trinajstić information content (AvgIpc) is 2.49. The van der Waals surface area contributed by atoms with Gasteiger partial charge in [-0.2, -0.15) is 0 Å². The predicted octanol–water partition coefficient (Wildman–Crippen LogP) is 2.79. The van der Waals surface area contributed by atoms with Gasteiger partial charge in [0.2, 0.25) is 0 Å². The van der Waals surface area contributed by atoms with Gasteiger partial charge in [-0.15, -0.1) is 6.58 Å². The van der Waals surface area contributed by atoms with Crippen molar-refractivity contribution in [3.63, 3.8) is 0 Å². The van der Waals surface area contributed by atoms with Crippen LogP contribution in [0.15, 0.2) is 25.0 Å². The predicted molar refractivity (Wildman–Crippen MR) is 97.2 cm³/mol. The number of nitrogens with zero attached hydrogens (tertiary/aromatic N) is 1. The zero-order chi connectivity index (χ0) is 19.1. The summed E-state index contributed by atoms with van der Waals surface area (Å²) in [5.74, 6) is 0. The van der Waals surface area contributed by atoms with Gasteiger partial charge in [0.05, 0.1) is 6.26 Å². The molecule has 0 spiro atoms. The van der Waals surface area contributed by atoms with E-state index in [4.69, 9.17) is 9.47 Å². The smallest absolute Gasteiger partial charge is 0.412 e. The quantitative estimate of drug-likeness (QED) is 0.567. The second-order valence-corrected chi connectivity index (χ2v) is 7.45. The molecule has 1 saturated heterocycles. The van der Waals surface area contributed by atoms with E-state index >= 15 is 0 Å². The monoisotopic (exact) mass is 353 g/mol. The van der Waals surface area contributed by atoms with Crippen molar-refractivity contribution in [2.75, 3.05) is 20.1 Å². The molecule has 0 bridgehead atoms. The molecular formula is C18H31N3O4. The maximum atomic E-state index is 11.9. The summed E-state index contributed by atoms with van der Waals surface area (Å²) in [7, 11) is 2.10. The third-order valence-corrected chi connectivity index (χ3v) is 4.57. The average molecular weight is 353 g/mol. The molecule has 0 aromatic rings. The number of rotatable bonds is 6. The fourth-order valence-electron chi connectivity index (χ4n) is 3.05. The van der Waals surface area contributed by atoms with Gasteiger partial charge in [-0.05, 0) is 40.8 Å². The first kappa shape index (κ1) is 21.0. The molecule has 142 valence electrons. The van der Waals surface area contributed by atoms with Crippen LogP contribution in [0.2, 0.25) is 0 Å². The molecule has 7 nitrogen and oxygen atoms in total. The third-order valence-electron chi connectivity index (χ3n) is 4.57. The molecule has 0 atom stereocenters. The number of piperidine rings is 1. The van der Waals surface area contributed by atoms with Crippen LogP contribution in [0.4, 0.5) is 9.59 Å². The Bertz CT molecular complexity index is 496. The number of carbonyl (C=O) groups excluding carboxylic acids is 2. The standard InChI is InChI=1S/C18H31N3O4/c1-7-9-19-15(22)24-11-8-10-20-16(23)25-14-12-17(2,3)21(6)18(4,5)13-14/h7-8,11,14H,1,9-10,12-13H2,2-6H3,(H,19,22)(H,20,23). The largest absolute Gasteiger partial charge is 0.446 e. The molecule has 0 unspecified atom stereocenters. The molecule has 0 aromatic heterocycles. The maximum absolute atomic E-state index is 11.9. The van der Waals surface area contributed by atoms with Crippen LogP contribution in [0, 0.1) is 0 Å². The summed E-state index contributed by atoms with van der Waals surface area (Å²) < 4.78 is 10.3. The lowest BCUT2D eigenvalue weighted by Crippen LogP contribution is -2.60. The van der Waals surface area contributed by atoms with E-state index < -0.39 is 12.2 Å². The number of hydrogen-bond acceptors (Lipinski definition) is 5. The van der Waals surface area contributed by atoms with Gasteiger partial charge in [-0.3, -0.25) is 4.90 Å². The topological polar surface area (TPSA) is 79.9 Å². The van der Waals surface area contributed by atoms with Gasteiger partial charge >= 0.3 is 12.2 Å². The molecule has 1 rings (SSSR count). The van der Waals surface area contributed by atoms with Crippen molar-refractivity contribution in [2.24, 2.45) is 0 Å². The summed E-state index contributed by atoms with van der Waals surface area (Å²) in [4.78, 5) is 25.4. The zero-order valence-corrected chi connectivity index (χ0v) is 15.9. The fourth-order valence-corrected chi connectivity index (χ4v) is 3.05. The Labute approximate surface area is 150 Å². The minimum Gasteiger partial charge on any atom is -0.446 e. The van der Waals surface area contributed by atoms with Crippen LogP contribution in [0.25, 0.3) is 0 Å². The molecule has 25 heavy (non-hydrogen) atoms. The molecule has 0 aliphatic carbocycles. The lowest BCUT2D eigenvalue weighted by atomic mass is 9.79. The third kappa shape index (κ3) is 6.78. The Kier molecular flexibility index (Phi) is 7.48. The van der Waals surface area contributed by atoms with Crippen molar-refractivity contribution < 1.29 is 19.1 Å². The first-order valence-electron chi connectivity index (χ1n) is 8.47. The summed E-state index contributed by atoms with van der Waals surface area (Å²) in [6.07, 6.45) is 4.68. The van der Waals surface area contributed by atoms with Crippen LogP contribution in [0.5, 0.6) is 0 Å². The van der Waals surface area contributed by atoms with Crippen molar-refractivity contribution in [3.05, 3.63) is 25.0 Å². The van der Waals surface area contributed by atoms with E-state index in [2.05, 4.69) is 56.9 Å². The summed E-state index contributed by atoms with van der Waals surface area (Å²) >= 11 is 0. The van der Waals surface area contributed by atoms with E-state index in [0.717, 1.165) is 12.8 Å². The van der Waals surface area contributed by atoms with Gasteiger partial charge in [0.15, 0.2) is 0 Å². The fraction of sp³-hybridized carbons (Fsp3) is 0.667. The molecule has 1 aliphatic rings. The van der Waals surface area contributed by atoms with Gasteiger partial charge in [-0.25, -0.2) is 9.59 Å². The molecule has 1 heterocycles. The van der Waals surface area contributed by atoms with Crippen molar-refractivity contribution in [3.8, 4) is 0 Å². The number of amides is 2. The highest BCUT2D eigenvalue weighted by Gasteiger charge is 2.44. The van der Waals surface area contributed by atoms with Crippen LogP contribution >= 0.6 is 0 Å². The Morgan fingerprint density at radius 1 is 1.12 bits per heavy atom. The first-order valence-corrected chi connectivity index (χ1v) is 8.47. The van der Waals surface area contributed by atoms with Crippen molar-refractivity contribution in [1.82, 2.24) is 15.5 Å². The van der Waals surface area contributed by atoms with E-state index in [9.17, 15) is 9.59 Å². The van der Waals surface area contributed by atoms with Crippen LogP contribution in [-0.2, 0) is 9.47 Å². The molecule has 2 amide bonds. The number of ether oxygens (including phenoxy) is 2. The molecule has 1 aliphatic heterocycles. The number of alkyl carbamates (subject to hydrolysis) is 2. The van der Waals surface area contributed by atoms with Crippen molar-refractivity contribution in [1.29, 1.82) is 0 Å². The Morgan fingerprint density at radius 3 is 2.24 bits per heavy atom. The Morgan fingerprint density at radius 2 is 1.68 bits per heavy atom. The number of likely N-dealkylation sites (tertiary alicyclic amines) is 1. The molecule has 2 N–H and O–H groups in total. The molecule has 1 fully saturated rings. The lowest BCUT2D eigenvalue weighted by Gasteiger charge is -2.53. The van der Waals surface area contributed by atoms with E-state index in [1.165, 1.54) is 12.3 Å². The van der Waals surface area contributed by atoms with Gasteiger partial charge in [-0.1, -0.05) is 6.08 Å². The highest BCUT2D eigenvalue weighted by molar-refractivity contribution is 5.68. The van der Waals surface area contributed by atoms with E-state index in [1.54, 1.807) is 6.08 Å². The second kappa shape index (κ2) is 8.89. The molecular weight excluding hydrogens is 322 g/mol. The van der Waals surface area contributed by atoms with E-state index in [-0.39, 0.29) is 23.7 Å². The van der Waals surface area contributed by atoms with Crippen LogP contribution < -0.4 is 10.6 Å². The van der Waals surface area contributed by atoms with Crippen molar-refractivity contribution >= 4 is 12.2 Å². The number of carbonyl (C=O) groups is 2. The molecule has 0 radical (unpaired) electrons. The molecule has 7 heteroatoms. The zero-order valence-electron chi connectivity index (χ0n) is 15.9. The summed E-state index contributed by atoms with van der Waals surface area (Å²) in [5, 5.41) is 5.08. The summed E-state index contributed by atoms with van der Waals surface area (Å²) in [6, 6.07) is 0. The normalized spacial score (nSPS) is 20.0. The highest BCUT2D eigenvalue weighted by Crippen LogP contribution is 2.37. The van der Waals surface area contributed by atoms with Crippen LogP contribution in [-0.4, -0.2) is 54.4 Å². The summed E-state index contributed by atoms with van der Waals surface area (Å²) in [6.45, 7) is 12.6. The maximum Gasteiger partial charge on any atom is 0.412 e. The summed E-state index contributed by atoms with van der Waals surface area (Å²) in [5.41, 5.74) is -0.0848. The van der Waals surface area contributed by atoms with Gasteiger partial charge in [0.25, 0.3) is 0 Å².